The Labute approximate surface area is 207 Å². The minimum Gasteiger partial charge on any atom is -0.469 e. The van der Waals surface area contributed by atoms with Gasteiger partial charge in [0.25, 0.3) is 0 Å². The number of rotatable bonds is 5. The molecule has 0 bridgehead atoms. The average Bonchev–Trinajstić information content (AvgIpc) is 3.52. The van der Waals surface area contributed by atoms with Gasteiger partial charge in [-0.25, -0.2) is 0 Å². The van der Waals surface area contributed by atoms with Crippen molar-refractivity contribution in [1.29, 1.82) is 5.26 Å². The molecule has 0 N–H and O–H groups in total. The van der Waals surface area contributed by atoms with Crippen molar-refractivity contribution in [1.82, 2.24) is 0 Å². The van der Waals surface area contributed by atoms with Gasteiger partial charge in [-0.15, -0.1) is 0 Å². The second-order valence-corrected chi connectivity index (χ2v) is 8.66. The second-order valence-electron chi connectivity index (χ2n) is 8.66. The maximum absolute atomic E-state index is 14.2. The third-order valence-electron chi connectivity index (χ3n) is 6.77. The Hall–Kier alpha value is -4.64. The van der Waals surface area contributed by atoms with Crippen molar-refractivity contribution in [2.24, 2.45) is 5.41 Å². The normalized spacial score (nSPS) is 23.8. The smallest absolute Gasteiger partial charge is 0.329 e. The lowest BCUT2D eigenvalue weighted by molar-refractivity contribution is -0.150. The molecule has 4 atom stereocenters. The number of methoxy groups -OCH3 is 1. The summed E-state index contributed by atoms with van der Waals surface area (Å²) in [6.07, 6.45) is 5.08. The van der Waals surface area contributed by atoms with E-state index in [4.69, 9.17) is 13.9 Å². The molecule has 8 nitrogen and oxygen atoms in total. The molecular formula is C28H22N2O6. The van der Waals surface area contributed by atoms with E-state index in [0.29, 0.717) is 17.1 Å². The quantitative estimate of drug-likeness (QED) is 0.303. The van der Waals surface area contributed by atoms with E-state index < -0.39 is 35.4 Å². The van der Waals surface area contributed by atoms with E-state index in [0.717, 1.165) is 11.3 Å². The maximum Gasteiger partial charge on any atom is 0.329 e. The van der Waals surface area contributed by atoms with Gasteiger partial charge in [0.05, 0.1) is 31.4 Å². The number of carbonyl (C=O) groups is 3. The van der Waals surface area contributed by atoms with Crippen LogP contribution in [0.1, 0.15) is 34.5 Å². The first-order chi connectivity index (χ1) is 17.4. The Kier molecular flexibility index (Phi) is 5.69. The monoisotopic (exact) mass is 482 g/mol. The van der Waals surface area contributed by atoms with E-state index in [1.165, 1.54) is 32.4 Å². The number of Topliss-reactive ketones (excluding diaryl/α,β-unsaturated/α-hetero) is 1. The van der Waals surface area contributed by atoms with Crippen molar-refractivity contribution in [3.8, 4) is 11.8 Å². The van der Waals surface area contributed by atoms with E-state index >= 15 is 0 Å². The van der Waals surface area contributed by atoms with E-state index in [1.807, 2.05) is 35.2 Å². The predicted octanol–water partition coefficient (Wildman–Crippen LogP) is 4.14. The van der Waals surface area contributed by atoms with Gasteiger partial charge in [0.2, 0.25) is 0 Å². The van der Waals surface area contributed by atoms with Gasteiger partial charge in [0.15, 0.2) is 11.2 Å². The Morgan fingerprint density at radius 1 is 1.06 bits per heavy atom. The molecule has 1 aromatic heterocycles. The standard InChI is InChI=1S/C28H22N2O6/c1-17(31)36-20-12-9-19(10-13-20)26(32)25-24(22-8-5-15-35-22)28(16-29,27(33)34-2)23-14-11-18-6-3-4-7-21(18)30(23)25/h3-15,23-25H,1-2H3/t23-,24-,25+,28-/m1/s1. The molecular weight excluding hydrogens is 460 g/mol. The van der Waals surface area contributed by atoms with Crippen LogP contribution >= 0.6 is 0 Å². The van der Waals surface area contributed by atoms with Crippen LogP contribution in [0.5, 0.6) is 5.75 Å². The van der Waals surface area contributed by atoms with Gasteiger partial charge in [-0.1, -0.05) is 30.4 Å². The van der Waals surface area contributed by atoms with E-state index in [9.17, 15) is 19.6 Å². The summed E-state index contributed by atoms with van der Waals surface area (Å²) in [4.78, 5) is 40.7. The highest BCUT2D eigenvalue weighted by Gasteiger charge is 2.68. The van der Waals surface area contributed by atoms with Crippen molar-refractivity contribution in [3.63, 3.8) is 0 Å². The topological polar surface area (TPSA) is 110 Å². The summed E-state index contributed by atoms with van der Waals surface area (Å²) in [5.41, 5.74) is 0.150. The molecule has 8 heteroatoms. The first-order valence-electron chi connectivity index (χ1n) is 11.3. The molecule has 0 unspecified atom stereocenters. The maximum atomic E-state index is 14.2. The number of ether oxygens (including phenoxy) is 2. The van der Waals surface area contributed by atoms with Gasteiger partial charge in [-0.2, -0.15) is 5.26 Å². The molecule has 1 fully saturated rings. The number of esters is 2. The van der Waals surface area contributed by atoms with Gasteiger partial charge < -0.3 is 18.8 Å². The van der Waals surface area contributed by atoms with Gasteiger partial charge >= 0.3 is 11.9 Å². The molecule has 5 rings (SSSR count). The fourth-order valence-electron chi connectivity index (χ4n) is 5.34. The van der Waals surface area contributed by atoms with Crippen molar-refractivity contribution in [2.45, 2.75) is 24.9 Å². The molecule has 2 aromatic carbocycles. The van der Waals surface area contributed by atoms with Crippen LogP contribution in [0.2, 0.25) is 0 Å². The van der Waals surface area contributed by atoms with Gasteiger partial charge in [-0.3, -0.25) is 14.4 Å². The largest absolute Gasteiger partial charge is 0.469 e. The van der Waals surface area contributed by atoms with Crippen molar-refractivity contribution in [2.75, 3.05) is 12.0 Å². The predicted molar refractivity (Wildman–Crippen MR) is 129 cm³/mol. The van der Waals surface area contributed by atoms with E-state index in [2.05, 4.69) is 6.07 Å². The molecule has 3 aromatic rings. The van der Waals surface area contributed by atoms with Gasteiger partial charge in [0.1, 0.15) is 17.6 Å². The van der Waals surface area contributed by atoms with Crippen LogP contribution in [0.3, 0.4) is 0 Å². The van der Waals surface area contributed by atoms with Crippen LogP contribution in [0.15, 0.2) is 77.4 Å². The van der Waals surface area contributed by atoms with Crippen LogP contribution in [0, 0.1) is 16.7 Å². The number of hydrogen-bond donors (Lipinski definition) is 0. The summed E-state index contributed by atoms with van der Waals surface area (Å²) >= 11 is 0. The Morgan fingerprint density at radius 3 is 2.44 bits per heavy atom. The lowest BCUT2D eigenvalue weighted by Gasteiger charge is -2.36. The van der Waals surface area contributed by atoms with E-state index in [-0.39, 0.29) is 5.78 Å². The molecule has 180 valence electrons. The highest BCUT2D eigenvalue weighted by Crippen LogP contribution is 2.56. The van der Waals surface area contributed by atoms with Crippen molar-refractivity contribution >= 4 is 29.5 Å². The molecule has 2 aliphatic heterocycles. The first kappa shape index (κ1) is 23.1. The first-order valence-corrected chi connectivity index (χ1v) is 11.3. The fourth-order valence-corrected chi connectivity index (χ4v) is 5.34. The fraction of sp³-hybridized carbons (Fsp3) is 0.214. The summed E-state index contributed by atoms with van der Waals surface area (Å²) in [5.74, 6) is -1.87. The van der Waals surface area contributed by atoms with Crippen molar-refractivity contribution < 1.29 is 28.3 Å². The van der Waals surface area contributed by atoms with Crippen LogP contribution in [0.4, 0.5) is 5.69 Å². The molecule has 3 heterocycles. The number of benzene rings is 2. The Bertz CT molecular complexity index is 1400. The SMILES string of the molecule is COC(=O)[C@@]1(C#N)[C@H](c2ccco2)[C@@H](C(=O)c2ccc(OC(C)=O)cc2)N2c3ccccc3C=C[C@@H]21. The number of para-hydroxylation sites is 1. The highest BCUT2D eigenvalue weighted by molar-refractivity contribution is 6.06. The number of nitrogens with zero attached hydrogens (tertiary/aromatic N) is 2. The zero-order chi connectivity index (χ0) is 25.4. The summed E-state index contributed by atoms with van der Waals surface area (Å²) < 4.78 is 16.0. The number of hydrogen-bond acceptors (Lipinski definition) is 8. The lowest BCUT2D eigenvalue weighted by Crippen LogP contribution is -2.46. The lowest BCUT2D eigenvalue weighted by atomic mass is 9.70. The Balaban J connectivity index is 1.72. The van der Waals surface area contributed by atoms with Crippen LogP contribution in [0.25, 0.3) is 6.08 Å². The molecule has 0 radical (unpaired) electrons. The molecule has 0 spiro atoms. The zero-order valence-corrected chi connectivity index (χ0v) is 19.6. The highest BCUT2D eigenvalue weighted by atomic mass is 16.5. The minimum absolute atomic E-state index is 0.304. The number of anilines is 1. The number of nitriles is 1. The van der Waals surface area contributed by atoms with Crippen LogP contribution < -0.4 is 9.64 Å². The van der Waals surface area contributed by atoms with E-state index in [1.54, 1.807) is 30.3 Å². The average molecular weight is 482 g/mol. The molecule has 1 saturated heterocycles. The number of fused-ring (bicyclic) bond motifs is 3. The van der Waals surface area contributed by atoms with Crippen LogP contribution in [-0.2, 0) is 14.3 Å². The Morgan fingerprint density at radius 2 is 1.81 bits per heavy atom. The zero-order valence-electron chi connectivity index (χ0n) is 19.6. The molecule has 36 heavy (non-hydrogen) atoms. The minimum atomic E-state index is -1.76. The van der Waals surface area contributed by atoms with Gasteiger partial charge in [-0.05, 0) is 48.0 Å². The summed E-state index contributed by atoms with van der Waals surface area (Å²) in [6.45, 7) is 1.29. The van der Waals surface area contributed by atoms with Crippen LogP contribution in [-0.4, -0.2) is 36.9 Å². The third-order valence-corrected chi connectivity index (χ3v) is 6.77. The number of ketones is 1. The van der Waals surface area contributed by atoms with Crippen molar-refractivity contribution in [3.05, 3.63) is 89.9 Å². The molecule has 0 aliphatic carbocycles. The number of furan rings is 1. The summed E-state index contributed by atoms with van der Waals surface area (Å²) in [5, 5.41) is 10.6. The third kappa shape index (κ3) is 3.40. The molecule has 0 amide bonds. The summed E-state index contributed by atoms with van der Waals surface area (Å²) in [6, 6.07) is 17.5. The molecule has 0 saturated carbocycles. The van der Waals surface area contributed by atoms with Gasteiger partial charge in [0, 0.05) is 18.2 Å². The number of carbonyl (C=O) groups excluding carboxylic acids is 3. The summed E-state index contributed by atoms with van der Waals surface area (Å²) in [7, 11) is 1.23. The molecule has 2 aliphatic rings. The second kappa shape index (κ2) is 8.86.